The summed E-state index contributed by atoms with van der Waals surface area (Å²) in [4.78, 5) is 11.0. The summed E-state index contributed by atoms with van der Waals surface area (Å²) < 4.78 is 11.0. The van der Waals surface area contributed by atoms with Gasteiger partial charge in [-0.25, -0.2) is 0 Å². The second-order valence-electron chi connectivity index (χ2n) is 2.73. The molecule has 0 amide bonds. The van der Waals surface area contributed by atoms with Gasteiger partial charge in [-0.05, 0) is 24.3 Å². The second kappa shape index (κ2) is 4.76. The Morgan fingerprint density at radius 1 is 1.43 bits per heavy atom. The molecule has 0 bridgehead atoms. The fraction of sp³-hybridized carbons (Fsp3) is 0.222. The molecular formula is C9H11NO3S. The molecule has 1 atom stereocenters. The Balaban J connectivity index is 2.64. The van der Waals surface area contributed by atoms with Crippen LogP contribution in [0.5, 0.6) is 0 Å². The van der Waals surface area contributed by atoms with E-state index in [-0.39, 0.29) is 6.54 Å². The van der Waals surface area contributed by atoms with Crippen molar-refractivity contribution in [1.29, 1.82) is 0 Å². The number of nitrogens with one attached hydrogen (secondary N) is 1. The normalized spacial score (nSPS) is 12.1. The molecule has 1 unspecified atom stereocenters. The first-order chi connectivity index (χ1) is 6.59. The summed E-state index contributed by atoms with van der Waals surface area (Å²) in [5.41, 5.74) is 0.710. The third kappa shape index (κ3) is 3.18. The molecule has 4 nitrogen and oxygen atoms in total. The lowest BCUT2D eigenvalue weighted by Gasteiger charge is -2.03. The fourth-order valence-corrected chi connectivity index (χ4v) is 1.46. The quantitative estimate of drug-likeness (QED) is 0.780. The minimum absolute atomic E-state index is 0.117. The summed E-state index contributed by atoms with van der Waals surface area (Å²) in [6, 6.07) is 6.83. The number of anilines is 1. The molecule has 2 N–H and O–H groups in total. The Morgan fingerprint density at radius 3 is 2.43 bits per heavy atom. The second-order valence-corrected chi connectivity index (χ2v) is 4.11. The van der Waals surface area contributed by atoms with E-state index in [9.17, 15) is 9.00 Å². The Labute approximate surface area is 84.4 Å². The van der Waals surface area contributed by atoms with Gasteiger partial charge in [-0.2, -0.15) is 0 Å². The molecule has 1 rings (SSSR count). The van der Waals surface area contributed by atoms with Gasteiger partial charge >= 0.3 is 5.97 Å². The van der Waals surface area contributed by atoms with Gasteiger partial charge in [-0.1, -0.05) is 0 Å². The maximum atomic E-state index is 11.0. The first-order valence-corrected chi connectivity index (χ1v) is 5.54. The summed E-state index contributed by atoms with van der Waals surface area (Å²) in [7, 11) is -0.994. The largest absolute Gasteiger partial charge is 0.480 e. The van der Waals surface area contributed by atoms with Gasteiger partial charge in [0.2, 0.25) is 0 Å². The highest BCUT2D eigenvalue weighted by Crippen LogP contribution is 2.11. The van der Waals surface area contributed by atoms with E-state index < -0.39 is 16.8 Å². The molecule has 0 radical (unpaired) electrons. The summed E-state index contributed by atoms with van der Waals surface area (Å²) in [6.07, 6.45) is 1.60. The first-order valence-electron chi connectivity index (χ1n) is 3.99. The van der Waals surface area contributed by atoms with Gasteiger partial charge in [-0.3, -0.25) is 9.00 Å². The highest BCUT2D eigenvalue weighted by Gasteiger charge is 1.99. The third-order valence-electron chi connectivity index (χ3n) is 1.63. The van der Waals surface area contributed by atoms with Crippen LogP contribution in [0.4, 0.5) is 5.69 Å². The number of benzene rings is 1. The van der Waals surface area contributed by atoms with Crippen LogP contribution in [0, 0.1) is 0 Å². The lowest BCUT2D eigenvalue weighted by atomic mass is 10.3. The molecule has 0 spiro atoms. The molecule has 0 aromatic heterocycles. The van der Waals surface area contributed by atoms with Crippen molar-refractivity contribution < 1.29 is 14.1 Å². The van der Waals surface area contributed by atoms with E-state index >= 15 is 0 Å². The SMILES string of the molecule is CS(=O)c1ccc(NCC(=O)O)cc1. The molecule has 0 fully saturated rings. The molecule has 1 aromatic rings. The summed E-state index contributed by atoms with van der Waals surface area (Å²) in [5, 5.41) is 11.1. The number of carbonyl (C=O) groups is 1. The summed E-state index contributed by atoms with van der Waals surface area (Å²) >= 11 is 0. The van der Waals surface area contributed by atoms with Crippen LogP contribution in [0.3, 0.4) is 0 Å². The zero-order valence-corrected chi connectivity index (χ0v) is 8.50. The first kappa shape index (κ1) is 10.7. The standard InChI is InChI=1S/C9H11NO3S/c1-14(13)8-4-2-7(3-5-8)10-6-9(11)12/h2-5,10H,6H2,1H3,(H,11,12). The minimum atomic E-state index is -0.994. The van der Waals surface area contributed by atoms with Crippen LogP contribution in [-0.4, -0.2) is 28.1 Å². The summed E-state index contributed by atoms with van der Waals surface area (Å²) in [5.74, 6) is -0.909. The number of carboxylic acid groups (broad SMARTS) is 1. The van der Waals surface area contributed by atoms with E-state index in [2.05, 4.69) is 5.32 Å². The number of hydrogen-bond acceptors (Lipinski definition) is 3. The molecule has 0 aliphatic heterocycles. The fourth-order valence-electron chi connectivity index (χ4n) is 0.942. The Hall–Kier alpha value is -1.36. The third-order valence-corrected chi connectivity index (χ3v) is 2.57. The van der Waals surface area contributed by atoms with Crippen LogP contribution in [0.15, 0.2) is 29.2 Å². The molecule has 0 saturated carbocycles. The van der Waals surface area contributed by atoms with Gasteiger partial charge in [0.05, 0.1) is 0 Å². The monoisotopic (exact) mass is 213 g/mol. The average molecular weight is 213 g/mol. The van der Waals surface area contributed by atoms with E-state index in [1.807, 2.05) is 0 Å². The van der Waals surface area contributed by atoms with Crippen LogP contribution in [0.1, 0.15) is 0 Å². The van der Waals surface area contributed by atoms with Gasteiger partial charge < -0.3 is 10.4 Å². The molecular weight excluding hydrogens is 202 g/mol. The van der Waals surface area contributed by atoms with Crippen molar-refractivity contribution in [3.8, 4) is 0 Å². The Kier molecular flexibility index (Phi) is 3.64. The number of rotatable bonds is 4. The molecule has 14 heavy (non-hydrogen) atoms. The van der Waals surface area contributed by atoms with Crippen molar-refractivity contribution in [2.24, 2.45) is 0 Å². The zero-order valence-electron chi connectivity index (χ0n) is 7.69. The highest BCUT2D eigenvalue weighted by atomic mass is 32.2. The maximum Gasteiger partial charge on any atom is 0.322 e. The van der Waals surface area contributed by atoms with Gasteiger partial charge in [0.15, 0.2) is 0 Å². The lowest BCUT2D eigenvalue weighted by molar-refractivity contribution is -0.134. The number of aliphatic carboxylic acids is 1. The van der Waals surface area contributed by atoms with Crippen molar-refractivity contribution in [3.05, 3.63) is 24.3 Å². The Bertz CT molecular complexity index is 348. The van der Waals surface area contributed by atoms with Gasteiger partial charge in [-0.15, -0.1) is 0 Å². The summed E-state index contributed by atoms with van der Waals surface area (Å²) in [6.45, 7) is -0.117. The highest BCUT2D eigenvalue weighted by molar-refractivity contribution is 7.84. The predicted octanol–water partition coefficient (Wildman–Crippen LogP) is 0.921. The number of carboxylic acids is 1. The van der Waals surface area contributed by atoms with Crippen molar-refractivity contribution in [2.75, 3.05) is 18.1 Å². The number of hydrogen-bond donors (Lipinski definition) is 2. The van der Waals surface area contributed by atoms with Gasteiger partial charge in [0.25, 0.3) is 0 Å². The maximum absolute atomic E-state index is 11.0. The average Bonchev–Trinajstić information content (AvgIpc) is 2.15. The zero-order chi connectivity index (χ0) is 10.6. The lowest BCUT2D eigenvalue weighted by Crippen LogP contribution is -2.12. The topological polar surface area (TPSA) is 66.4 Å². The van der Waals surface area contributed by atoms with Crippen molar-refractivity contribution in [1.82, 2.24) is 0 Å². The van der Waals surface area contributed by atoms with Crippen molar-refractivity contribution in [3.63, 3.8) is 0 Å². The molecule has 0 heterocycles. The van der Waals surface area contributed by atoms with Crippen LogP contribution < -0.4 is 5.32 Å². The van der Waals surface area contributed by atoms with E-state index in [1.165, 1.54) is 0 Å². The van der Waals surface area contributed by atoms with Crippen LogP contribution >= 0.6 is 0 Å². The van der Waals surface area contributed by atoms with Gasteiger partial charge in [0.1, 0.15) is 6.54 Å². The molecule has 0 saturated heterocycles. The van der Waals surface area contributed by atoms with E-state index in [0.717, 1.165) is 4.90 Å². The molecule has 76 valence electrons. The van der Waals surface area contributed by atoms with Crippen LogP contribution in [0.25, 0.3) is 0 Å². The minimum Gasteiger partial charge on any atom is -0.480 e. The van der Waals surface area contributed by atoms with Crippen molar-refractivity contribution >= 4 is 22.5 Å². The van der Waals surface area contributed by atoms with E-state index in [0.29, 0.717) is 5.69 Å². The van der Waals surface area contributed by atoms with E-state index in [4.69, 9.17) is 5.11 Å². The smallest absolute Gasteiger partial charge is 0.322 e. The van der Waals surface area contributed by atoms with Gasteiger partial charge in [0, 0.05) is 27.6 Å². The molecule has 0 aliphatic carbocycles. The van der Waals surface area contributed by atoms with Crippen molar-refractivity contribution in [2.45, 2.75) is 4.90 Å². The Morgan fingerprint density at radius 2 is 2.00 bits per heavy atom. The molecule has 5 heteroatoms. The molecule has 1 aromatic carbocycles. The predicted molar refractivity (Wildman–Crippen MR) is 54.9 cm³/mol. The van der Waals surface area contributed by atoms with E-state index in [1.54, 1.807) is 30.5 Å². The van der Waals surface area contributed by atoms with Crippen LogP contribution in [0.2, 0.25) is 0 Å². The molecule has 0 aliphatic rings. The van der Waals surface area contributed by atoms with Crippen LogP contribution in [-0.2, 0) is 15.6 Å².